The Balaban J connectivity index is 1.59. The lowest BCUT2D eigenvalue weighted by atomic mass is 10.2. The lowest BCUT2D eigenvalue weighted by Gasteiger charge is -2.24. The van der Waals surface area contributed by atoms with Crippen LogP contribution in [0.15, 0.2) is 36.8 Å². The van der Waals surface area contributed by atoms with Gasteiger partial charge in [0.1, 0.15) is 17.5 Å². The Labute approximate surface area is 164 Å². The van der Waals surface area contributed by atoms with E-state index in [-0.39, 0.29) is 0 Å². The predicted molar refractivity (Wildman–Crippen MR) is 104 cm³/mol. The summed E-state index contributed by atoms with van der Waals surface area (Å²) in [5.41, 5.74) is 1.55. The van der Waals surface area contributed by atoms with Crippen molar-refractivity contribution in [2.24, 2.45) is 0 Å². The van der Waals surface area contributed by atoms with Crippen molar-refractivity contribution < 1.29 is 13.6 Å². The van der Waals surface area contributed by atoms with Crippen molar-refractivity contribution in [1.29, 1.82) is 0 Å². The summed E-state index contributed by atoms with van der Waals surface area (Å²) in [6.07, 6.45) is 5.12. The lowest BCUT2D eigenvalue weighted by Crippen LogP contribution is -2.47. The van der Waals surface area contributed by atoms with Gasteiger partial charge in [-0.2, -0.15) is 0 Å². The Kier molecular flexibility index (Phi) is 4.88. The maximum absolute atomic E-state index is 13.1. The third kappa shape index (κ3) is 3.77. The number of rotatable bonds is 5. The number of fused-ring (bicyclic) bond motifs is 1. The summed E-state index contributed by atoms with van der Waals surface area (Å²) in [4.78, 5) is 30.5. The average molecular weight is 404 g/mol. The largest absolute Gasteiger partial charge is 0.348 e. The van der Waals surface area contributed by atoms with Crippen molar-refractivity contribution in [2.75, 3.05) is 23.1 Å². The van der Waals surface area contributed by atoms with Gasteiger partial charge < -0.3 is 15.2 Å². The lowest BCUT2D eigenvalue weighted by molar-refractivity contribution is -0.123. The van der Waals surface area contributed by atoms with Crippen LogP contribution in [0.5, 0.6) is 0 Å². The molecule has 4 rings (SSSR count). The zero-order valence-electron chi connectivity index (χ0n) is 15.0. The first-order chi connectivity index (χ1) is 13.4. The fourth-order valence-corrected chi connectivity index (χ4v) is 4.19. The van der Waals surface area contributed by atoms with Gasteiger partial charge in [0.25, 0.3) is 5.92 Å². The number of carbonyl (C=O) groups is 1. The molecule has 1 fully saturated rings. The van der Waals surface area contributed by atoms with Crippen molar-refractivity contribution in [2.45, 2.75) is 18.9 Å². The second-order valence-electron chi connectivity index (χ2n) is 6.61. The molecule has 1 amide bonds. The molecule has 0 aromatic carbocycles. The molecule has 1 aliphatic rings. The SMILES string of the molecule is CC(F)(F)CNC(=O)[C@H]1CSCN1c1ccnc(-c2c[nH]c3ncccc23)n1. The van der Waals surface area contributed by atoms with E-state index in [9.17, 15) is 13.6 Å². The highest BCUT2D eigenvalue weighted by Gasteiger charge is 2.34. The van der Waals surface area contributed by atoms with E-state index >= 15 is 0 Å². The highest BCUT2D eigenvalue weighted by molar-refractivity contribution is 7.99. The molecule has 1 atom stereocenters. The molecule has 0 unspecified atom stereocenters. The smallest absolute Gasteiger partial charge is 0.262 e. The number of alkyl halides is 2. The van der Waals surface area contributed by atoms with Crippen LogP contribution >= 0.6 is 11.8 Å². The van der Waals surface area contributed by atoms with Gasteiger partial charge in [-0.15, -0.1) is 11.8 Å². The summed E-state index contributed by atoms with van der Waals surface area (Å²) in [5.74, 6) is -1.23. The molecular weight excluding hydrogens is 386 g/mol. The molecule has 0 radical (unpaired) electrons. The van der Waals surface area contributed by atoms with Crippen LogP contribution in [-0.2, 0) is 4.79 Å². The van der Waals surface area contributed by atoms with Gasteiger partial charge in [0, 0.05) is 42.2 Å². The molecule has 2 N–H and O–H groups in total. The third-order valence-electron chi connectivity index (χ3n) is 4.39. The van der Waals surface area contributed by atoms with Gasteiger partial charge in [-0.1, -0.05) is 0 Å². The molecule has 1 saturated heterocycles. The van der Waals surface area contributed by atoms with E-state index < -0.39 is 24.4 Å². The Morgan fingerprint density at radius 3 is 3.07 bits per heavy atom. The summed E-state index contributed by atoms with van der Waals surface area (Å²) in [7, 11) is 0. The second kappa shape index (κ2) is 7.34. The molecule has 3 aromatic heterocycles. The highest BCUT2D eigenvalue weighted by atomic mass is 32.2. The topological polar surface area (TPSA) is 86.8 Å². The van der Waals surface area contributed by atoms with E-state index in [0.717, 1.165) is 23.5 Å². The number of hydrogen-bond donors (Lipinski definition) is 2. The maximum Gasteiger partial charge on any atom is 0.262 e. The molecule has 0 aliphatic carbocycles. The Bertz CT molecular complexity index is 1000. The monoisotopic (exact) mass is 404 g/mol. The van der Waals surface area contributed by atoms with Gasteiger partial charge in [0.2, 0.25) is 5.91 Å². The predicted octanol–water partition coefficient (Wildman–Crippen LogP) is 2.67. The van der Waals surface area contributed by atoms with Gasteiger partial charge in [-0.05, 0) is 18.2 Å². The summed E-state index contributed by atoms with van der Waals surface area (Å²) in [6, 6.07) is 4.93. The highest BCUT2D eigenvalue weighted by Crippen LogP contribution is 2.30. The van der Waals surface area contributed by atoms with Crippen LogP contribution in [0.2, 0.25) is 0 Å². The van der Waals surface area contributed by atoms with Crippen LogP contribution < -0.4 is 10.2 Å². The number of aromatic amines is 1. The number of halogens is 2. The van der Waals surface area contributed by atoms with Gasteiger partial charge >= 0.3 is 0 Å². The van der Waals surface area contributed by atoms with Crippen LogP contribution in [0, 0.1) is 0 Å². The third-order valence-corrected chi connectivity index (χ3v) is 5.40. The van der Waals surface area contributed by atoms with Crippen molar-refractivity contribution in [3.8, 4) is 11.4 Å². The van der Waals surface area contributed by atoms with Gasteiger partial charge in [0.15, 0.2) is 5.82 Å². The molecule has 0 saturated carbocycles. The number of H-pyrrole nitrogens is 1. The van der Waals surface area contributed by atoms with Crippen LogP contribution in [-0.4, -0.2) is 56.0 Å². The number of nitrogens with one attached hydrogen (secondary N) is 2. The molecule has 1 aliphatic heterocycles. The van der Waals surface area contributed by atoms with Crippen LogP contribution in [0.1, 0.15) is 6.92 Å². The first-order valence-corrected chi connectivity index (χ1v) is 9.83. The number of thioether (sulfide) groups is 1. The van der Waals surface area contributed by atoms with Gasteiger partial charge in [-0.3, -0.25) is 4.79 Å². The van der Waals surface area contributed by atoms with Crippen molar-refractivity contribution in [3.63, 3.8) is 0 Å². The van der Waals surface area contributed by atoms with Crippen molar-refractivity contribution in [1.82, 2.24) is 25.3 Å². The number of carbonyl (C=O) groups excluding carboxylic acids is 1. The van der Waals surface area contributed by atoms with E-state index in [2.05, 4.69) is 25.3 Å². The molecule has 3 aromatic rings. The summed E-state index contributed by atoms with van der Waals surface area (Å²) in [5, 5.41) is 3.23. The molecule has 0 spiro atoms. The van der Waals surface area contributed by atoms with Crippen molar-refractivity contribution >= 4 is 34.5 Å². The minimum absolute atomic E-state index is 0.428. The first kappa shape index (κ1) is 18.6. The maximum atomic E-state index is 13.1. The molecule has 10 heteroatoms. The van der Waals surface area contributed by atoms with E-state index in [1.165, 1.54) is 0 Å². The molecule has 4 heterocycles. The summed E-state index contributed by atoms with van der Waals surface area (Å²) < 4.78 is 26.1. The number of amides is 1. The number of hydrogen-bond acceptors (Lipinski definition) is 6. The zero-order chi connectivity index (χ0) is 19.7. The average Bonchev–Trinajstić information content (AvgIpc) is 3.33. The van der Waals surface area contributed by atoms with E-state index in [1.54, 1.807) is 36.4 Å². The minimum Gasteiger partial charge on any atom is -0.348 e. The fourth-order valence-electron chi connectivity index (χ4n) is 3.03. The first-order valence-electron chi connectivity index (χ1n) is 8.68. The fraction of sp³-hybridized carbons (Fsp3) is 0.333. The normalized spacial score (nSPS) is 17.2. The van der Waals surface area contributed by atoms with E-state index in [1.807, 2.05) is 17.0 Å². The standard InChI is InChI=1S/C18H18F2N6OS/c1-18(19,20)9-24-17(27)13-8-28-10-26(13)14-4-6-22-16(25-14)12-7-23-15-11(12)3-2-5-21-15/h2-7,13H,8-10H2,1H3,(H,21,23)(H,24,27)/t13-/m1/s1. The number of pyridine rings is 1. The molecular formula is C18H18F2N6OS. The van der Waals surface area contributed by atoms with Crippen LogP contribution in [0.25, 0.3) is 22.4 Å². The number of aromatic nitrogens is 4. The second-order valence-corrected chi connectivity index (χ2v) is 7.61. The summed E-state index contributed by atoms with van der Waals surface area (Å²) in [6.45, 7) is 0.0966. The Hall–Kier alpha value is -2.75. The van der Waals surface area contributed by atoms with Crippen LogP contribution in [0.3, 0.4) is 0 Å². The molecule has 0 bridgehead atoms. The molecule has 146 valence electrons. The summed E-state index contributed by atoms with van der Waals surface area (Å²) >= 11 is 1.55. The number of nitrogens with zero attached hydrogens (tertiary/aromatic N) is 4. The van der Waals surface area contributed by atoms with Gasteiger partial charge in [0.05, 0.1) is 12.4 Å². The Morgan fingerprint density at radius 1 is 1.39 bits per heavy atom. The van der Waals surface area contributed by atoms with E-state index in [0.29, 0.717) is 23.3 Å². The number of anilines is 1. The molecule has 7 nitrogen and oxygen atoms in total. The van der Waals surface area contributed by atoms with E-state index in [4.69, 9.17) is 0 Å². The Morgan fingerprint density at radius 2 is 2.25 bits per heavy atom. The zero-order valence-corrected chi connectivity index (χ0v) is 15.8. The van der Waals surface area contributed by atoms with Crippen LogP contribution in [0.4, 0.5) is 14.6 Å². The van der Waals surface area contributed by atoms with Crippen molar-refractivity contribution in [3.05, 3.63) is 36.8 Å². The molecule has 28 heavy (non-hydrogen) atoms. The van der Waals surface area contributed by atoms with Gasteiger partial charge in [-0.25, -0.2) is 23.7 Å². The minimum atomic E-state index is -2.95. The quantitative estimate of drug-likeness (QED) is 0.680.